The van der Waals surface area contributed by atoms with Crippen molar-refractivity contribution in [2.75, 3.05) is 0 Å². The Morgan fingerprint density at radius 3 is 3.21 bits per heavy atom. The molecule has 0 spiro atoms. The lowest BCUT2D eigenvalue weighted by Crippen LogP contribution is -2.33. The van der Waals surface area contributed by atoms with E-state index in [0.29, 0.717) is 16.1 Å². The second-order valence-electron chi connectivity index (χ2n) is 5.89. The van der Waals surface area contributed by atoms with E-state index in [1.165, 1.54) is 0 Å². The maximum absolute atomic E-state index is 12.7. The highest BCUT2D eigenvalue weighted by molar-refractivity contribution is 6.31. The number of hydrogen-bond acceptors (Lipinski definition) is 4. The van der Waals surface area contributed by atoms with Crippen LogP contribution in [0.15, 0.2) is 18.2 Å². The molecule has 1 aromatic carbocycles. The highest BCUT2D eigenvalue weighted by Gasteiger charge is 2.27. The molecule has 2 aromatic heterocycles. The average molecular weight is 345 g/mol. The standard InChI is InChI=1S/C16H17ClN6O/c1-2-13-19-15-12(4-3-7-23(15)22-13)18-16(24)14-10-8-9(17)5-6-11(10)20-21-14/h5-6,8,12H,2-4,7H2,1H3,(H,18,24)(H,20,21). The van der Waals surface area contributed by atoms with Crippen LogP contribution < -0.4 is 5.32 Å². The topological polar surface area (TPSA) is 88.5 Å². The van der Waals surface area contributed by atoms with Gasteiger partial charge in [0.25, 0.3) is 5.91 Å². The van der Waals surface area contributed by atoms with Gasteiger partial charge < -0.3 is 5.32 Å². The minimum Gasteiger partial charge on any atom is -0.341 e. The number of nitrogens with one attached hydrogen (secondary N) is 2. The van der Waals surface area contributed by atoms with Gasteiger partial charge in [0, 0.05) is 23.4 Å². The minimum absolute atomic E-state index is 0.148. The minimum atomic E-state index is -0.233. The van der Waals surface area contributed by atoms with E-state index < -0.39 is 0 Å². The van der Waals surface area contributed by atoms with Gasteiger partial charge in [-0.05, 0) is 31.0 Å². The fourth-order valence-corrected chi connectivity index (χ4v) is 3.24. The summed E-state index contributed by atoms with van der Waals surface area (Å²) < 4.78 is 1.90. The zero-order chi connectivity index (χ0) is 16.7. The number of halogens is 1. The summed E-state index contributed by atoms with van der Waals surface area (Å²) in [6.07, 6.45) is 2.58. The molecule has 0 aliphatic carbocycles. The average Bonchev–Trinajstić information content (AvgIpc) is 3.18. The fourth-order valence-electron chi connectivity index (χ4n) is 3.07. The smallest absolute Gasteiger partial charge is 0.273 e. The van der Waals surface area contributed by atoms with Crippen LogP contribution in [0, 0.1) is 0 Å². The van der Waals surface area contributed by atoms with Gasteiger partial charge in [-0.15, -0.1) is 0 Å². The number of aryl methyl sites for hydroxylation is 2. The van der Waals surface area contributed by atoms with E-state index in [4.69, 9.17) is 11.6 Å². The molecule has 1 atom stereocenters. The third-order valence-electron chi connectivity index (χ3n) is 4.28. The van der Waals surface area contributed by atoms with E-state index in [1.807, 2.05) is 17.7 Å². The van der Waals surface area contributed by atoms with Crippen molar-refractivity contribution in [2.24, 2.45) is 0 Å². The Balaban J connectivity index is 1.62. The Hall–Kier alpha value is -2.41. The van der Waals surface area contributed by atoms with Crippen LogP contribution in [0.2, 0.25) is 5.02 Å². The molecule has 124 valence electrons. The molecular formula is C16H17ClN6O. The summed E-state index contributed by atoms with van der Waals surface area (Å²) in [5.41, 5.74) is 1.13. The number of rotatable bonds is 3. The lowest BCUT2D eigenvalue weighted by Gasteiger charge is -2.22. The number of benzene rings is 1. The molecule has 2 N–H and O–H groups in total. The van der Waals surface area contributed by atoms with Gasteiger partial charge in [0.2, 0.25) is 0 Å². The first-order valence-corrected chi connectivity index (χ1v) is 8.41. The SMILES string of the molecule is CCc1nc2n(n1)CCCC2NC(=O)c1n[nH]c2ccc(Cl)cc12. The van der Waals surface area contributed by atoms with Crippen LogP contribution in [-0.2, 0) is 13.0 Å². The molecule has 1 unspecified atom stereocenters. The fraction of sp³-hybridized carbons (Fsp3) is 0.375. The normalized spacial score (nSPS) is 17.0. The summed E-state index contributed by atoms with van der Waals surface area (Å²) in [5, 5.41) is 15.8. The van der Waals surface area contributed by atoms with Crippen molar-refractivity contribution in [1.82, 2.24) is 30.3 Å². The Kier molecular flexibility index (Phi) is 3.72. The Morgan fingerprint density at radius 2 is 2.38 bits per heavy atom. The lowest BCUT2D eigenvalue weighted by atomic mass is 10.1. The van der Waals surface area contributed by atoms with Crippen LogP contribution in [0.1, 0.15) is 47.9 Å². The Bertz CT molecular complexity index is 915. The van der Waals surface area contributed by atoms with Gasteiger partial charge in [0.1, 0.15) is 5.82 Å². The van der Waals surface area contributed by atoms with Gasteiger partial charge >= 0.3 is 0 Å². The van der Waals surface area contributed by atoms with Gasteiger partial charge in [-0.1, -0.05) is 18.5 Å². The molecule has 1 aliphatic heterocycles. The van der Waals surface area contributed by atoms with E-state index in [9.17, 15) is 4.79 Å². The lowest BCUT2D eigenvalue weighted by molar-refractivity contribution is 0.0924. The summed E-state index contributed by atoms with van der Waals surface area (Å²) in [7, 11) is 0. The van der Waals surface area contributed by atoms with Crippen molar-refractivity contribution in [1.29, 1.82) is 0 Å². The molecule has 3 aromatic rings. The zero-order valence-corrected chi connectivity index (χ0v) is 14.0. The van der Waals surface area contributed by atoms with Gasteiger partial charge in [-0.2, -0.15) is 10.2 Å². The predicted octanol–water partition coefficient (Wildman–Crippen LogP) is 2.64. The third kappa shape index (κ3) is 2.54. The van der Waals surface area contributed by atoms with Crippen LogP contribution in [0.25, 0.3) is 10.9 Å². The summed E-state index contributed by atoms with van der Waals surface area (Å²) in [6, 6.07) is 5.17. The largest absolute Gasteiger partial charge is 0.341 e. The zero-order valence-electron chi connectivity index (χ0n) is 13.2. The van der Waals surface area contributed by atoms with E-state index in [0.717, 1.165) is 43.0 Å². The number of carbonyl (C=O) groups is 1. The highest BCUT2D eigenvalue weighted by Crippen LogP contribution is 2.25. The van der Waals surface area contributed by atoms with Crippen molar-refractivity contribution >= 4 is 28.4 Å². The number of carbonyl (C=O) groups excluding carboxylic acids is 1. The second kappa shape index (κ2) is 5.90. The van der Waals surface area contributed by atoms with Crippen molar-refractivity contribution in [3.63, 3.8) is 0 Å². The van der Waals surface area contributed by atoms with Crippen LogP contribution in [0.3, 0.4) is 0 Å². The first kappa shape index (κ1) is 15.1. The number of H-pyrrole nitrogens is 1. The maximum Gasteiger partial charge on any atom is 0.273 e. The van der Waals surface area contributed by atoms with Crippen LogP contribution in [0.5, 0.6) is 0 Å². The molecule has 4 rings (SSSR count). The van der Waals surface area contributed by atoms with E-state index >= 15 is 0 Å². The van der Waals surface area contributed by atoms with Gasteiger partial charge in [-0.25, -0.2) is 9.67 Å². The second-order valence-corrected chi connectivity index (χ2v) is 6.33. The van der Waals surface area contributed by atoms with Crippen LogP contribution in [0.4, 0.5) is 0 Å². The molecule has 0 fully saturated rings. The van der Waals surface area contributed by atoms with Crippen LogP contribution >= 0.6 is 11.6 Å². The van der Waals surface area contributed by atoms with Crippen molar-refractivity contribution in [2.45, 2.75) is 38.8 Å². The van der Waals surface area contributed by atoms with E-state index in [1.54, 1.807) is 12.1 Å². The summed E-state index contributed by atoms with van der Waals surface area (Å²) in [6.45, 7) is 2.87. The summed E-state index contributed by atoms with van der Waals surface area (Å²) >= 11 is 6.03. The summed E-state index contributed by atoms with van der Waals surface area (Å²) in [5.74, 6) is 1.40. The molecule has 0 saturated heterocycles. The molecule has 3 heterocycles. The molecule has 24 heavy (non-hydrogen) atoms. The van der Waals surface area contributed by atoms with Gasteiger partial charge in [0.05, 0.1) is 11.6 Å². The highest BCUT2D eigenvalue weighted by atomic mass is 35.5. The number of hydrogen-bond donors (Lipinski definition) is 2. The number of fused-ring (bicyclic) bond motifs is 2. The van der Waals surface area contributed by atoms with Crippen LogP contribution in [-0.4, -0.2) is 30.9 Å². The molecule has 0 saturated carbocycles. The first-order chi connectivity index (χ1) is 11.7. The maximum atomic E-state index is 12.7. The van der Waals surface area contributed by atoms with Gasteiger partial charge in [-0.3, -0.25) is 9.89 Å². The molecule has 1 aliphatic rings. The third-order valence-corrected chi connectivity index (χ3v) is 4.52. The Labute approximate surface area is 143 Å². The van der Waals surface area contributed by atoms with Crippen molar-refractivity contribution in [3.8, 4) is 0 Å². The van der Waals surface area contributed by atoms with Gasteiger partial charge in [0.15, 0.2) is 11.5 Å². The quantitative estimate of drug-likeness (QED) is 0.764. The molecule has 1 amide bonds. The van der Waals surface area contributed by atoms with E-state index in [2.05, 4.69) is 25.6 Å². The number of amides is 1. The molecule has 8 heteroatoms. The first-order valence-electron chi connectivity index (χ1n) is 8.04. The Morgan fingerprint density at radius 1 is 1.50 bits per heavy atom. The van der Waals surface area contributed by atoms with Crippen molar-refractivity contribution < 1.29 is 4.79 Å². The molecule has 0 radical (unpaired) electrons. The number of aromatic amines is 1. The van der Waals surface area contributed by atoms with Crippen molar-refractivity contribution in [3.05, 3.63) is 40.6 Å². The predicted molar refractivity (Wildman–Crippen MR) is 89.9 cm³/mol. The number of nitrogens with zero attached hydrogens (tertiary/aromatic N) is 4. The molecule has 7 nitrogen and oxygen atoms in total. The molecular weight excluding hydrogens is 328 g/mol. The monoisotopic (exact) mass is 344 g/mol. The number of aromatic nitrogens is 5. The van der Waals surface area contributed by atoms with E-state index in [-0.39, 0.29) is 11.9 Å². The molecule has 0 bridgehead atoms. The summed E-state index contributed by atoms with van der Waals surface area (Å²) in [4.78, 5) is 17.2.